The Morgan fingerprint density at radius 1 is 1.09 bits per heavy atom. The summed E-state index contributed by atoms with van der Waals surface area (Å²) in [6.07, 6.45) is 1.10. The predicted molar refractivity (Wildman–Crippen MR) is 89.9 cm³/mol. The minimum absolute atomic E-state index is 0.0942. The number of aromatic nitrogens is 3. The maximum atomic E-state index is 12.0. The van der Waals surface area contributed by atoms with Crippen molar-refractivity contribution in [2.24, 2.45) is 0 Å². The molecule has 0 bridgehead atoms. The minimum atomic E-state index is -0.0942. The highest BCUT2D eigenvalue weighted by molar-refractivity contribution is 5.89. The van der Waals surface area contributed by atoms with Gasteiger partial charge in [0.25, 0.3) is 0 Å². The average molecular weight is 306 g/mol. The van der Waals surface area contributed by atoms with Gasteiger partial charge in [0.05, 0.1) is 0 Å². The van der Waals surface area contributed by atoms with E-state index in [2.05, 4.69) is 20.5 Å². The molecule has 0 radical (unpaired) electrons. The van der Waals surface area contributed by atoms with E-state index in [0.29, 0.717) is 24.6 Å². The molecular formula is C18H18N4O. The van der Waals surface area contributed by atoms with Crippen molar-refractivity contribution < 1.29 is 4.79 Å². The molecule has 2 aromatic carbocycles. The summed E-state index contributed by atoms with van der Waals surface area (Å²) in [5, 5.41) is 9.61. The first-order valence-corrected chi connectivity index (χ1v) is 7.54. The fraction of sp³-hybridized carbons (Fsp3) is 0.167. The highest BCUT2D eigenvalue weighted by atomic mass is 16.1. The zero-order chi connectivity index (χ0) is 16.1. The third-order valence-corrected chi connectivity index (χ3v) is 3.55. The Hall–Kier alpha value is -2.95. The van der Waals surface area contributed by atoms with E-state index in [1.165, 1.54) is 5.56 Å². The van der Waals surface area contributed by atoms with Gasteiger partial charge in [0, 0.05) is 12.0 Å². The molecule has 23 heavy (non-hydrogen) atoms. The van der Waals surface area contributed by atoms with Gasteiger partial charge >= 0.3 is 0 Å². The molecule has 0 unspecified atom stereocenters. The molecule has 0 aliphatic heterocycles. The second-order valence-corrected chi connectivity index (χ2v) is 5.41. The molecule has 0 fully saturated rings. The van der Waals surface area contributed by atoms with Gasteiger partial charge in [0.1, 0.15) is 0 Å². The summed E-state index contributed by atoms with van der Waals surface area (Å²) in [6, 6.07) is 17.9. The summed E-state index contributed by atoms with van der Waals surface area (Å²) in [5.41, 5.74) is 3.26. The van der Waals surface area contributed by atoms with Gasteiger partial charge in [0.2, 0.25) is 11.9 Å². The number of nitrogens with one attached hydrogen (secondary N) is 2. The van der Waals surface area contributed by atoms with E-state index in [4.69, 9.17) is 0 Å². The lowest BCUT2D eigenvalue weighted by Crippen LogP contribution is -2.13. The summed E-state index contributed by atoms with van der Waals surface area (Å²) in [7, 11) is 0. The van der Waals surface area contributed by atoms with Crippen LogP contribution in [0.1, 0.15) is 17.5 Å². The minimum Gasteiger partial charge on any atom is -0.293 e. The van der Waals surface area contributed by atoms with E-state index in [9.17, 15) is 4.79 Å². The number of anilines is 1. The molecular weight excluding hydrogens is 288 g/mol. The number of aryl methyl sites for hydroxylation is 2. The Morgan fingerprint density at radius 3 is 2.57 bits per heavy atom. The molecule has 5 heteroatoms. The van der Waals surface area contributed by atoms with Crippen LogP contribution in [-0.4, -0.2) is 21.1 Å². The topological polar surface area (TPSA) is 70.7 Å². The zero-order valence-electron chi connectivity index (χ0n) is 12.9. The Balaban J connectivity index is 1.58. The van der Waals surface area contributed by atoms with Gasteiger partial charge in [-0.2, -0.15) is 4.98 Å². The van der Waals surface area contributed by atoms with Crippen molar-refractivity contribution in [1.29, 1.82) is 0 Å². The number of hydrogen-bond donors (Lipinski definition) is 2. The SMILES string of the molecule is Cc1ccc(-c2nc(NC(=O)CCc3ccccc3)n[nH]2)cc1. The van der Waals surface area contributed by atoms with Crippen LogP contribution in [-0.2, 0) is 11.2 Å². The number of carbonyl (C=O) groups is 1. The van der Waals surface area contributed by atoms with Crippen molar-refractivity contribution in [3.05, 3.63) is 65.7 Å². The normalized spacial score (nSPS) is 10.5. The van der Waals surface area contributed by atoms with Gasteiger partial charge in [-0.1, -0.05) is 60.2 Å². The van der Waals surface area contributed by atoms with E-state index in [1.54, 1.807) is 0 Å². The summed E-state index contributed by atoms with van der Waals surface area (Å²) >= 11 is 0. The maximum Gasteiger partial charge on any atom is 0.249 e. The van der Waals surface area contributed by atoms with E-state index >= 15 is 0 Å². The van der Waals surface area contributed by atoms with Crippen LogP contribution >= 0.6 is 0 Å². The molecule has 0 saturated carbocycles. The third-order valence-electron chi connectivity index (χ3n) is 3.55. The first-order valence-electron chi connectivity index (χ1n) is 7.54. The van der Waals surface area contributed by atoms with Crippen LogP contribution in [0.25, 0.3) is 11.4 Å². The van der Waals surface area contributed by atoms with Crippen LogP contribution in [0.15, 0.2) is 54.6 Å². The first-order chi connectivity index (χ1) is 11.2. The maximum absolute atomic E-state index is 12.0. The highest BCUT2D eigenvalue weighted by Crippen LogP contribution is 2.16. The molecule has 3 aromatic rings. The number of nitrogens with zero attached hydrogens (tertiary/aromatic N) is 2. The molecule has 116 valence electrons. The van der Waals surface area contributed by atoms with Crippen LogP contribution in [0.2, 0.25) is 0 Å². The highest BCUT2D eigenvalue weighted by Gasteiger charge is 2.09. The van der Waals surface area contributed by atoms with Crippen LogP contribution in [0.4, 0.5) is 5.95 Å². The summed E-state index contributed by atoms with van der Waals surface area (Å²) in [5.74, 6) is 0.852. The second-order valence-electron chi connectivity index (χ2n) is 5.41. The molecule has 0 atom stereocenters. The smallest absolute Gasteiger partial charge is 0.249 e. The monoisotopic (exact) mass is 306 g/mol. The van der Waals surface area contributed by atoms with Gasteiger partial charge in [-0.25, -0.2) is 0 Å². The van der Waals surface area contributed by atoms with Crippen LogP contribution in [0, 0.1) is 6.92 Å². The summed E-state index contributed by atoms with van der Waals surface area (Å²) < 4.78 is 0. The van der Waals surface area contributed by atoms with E-state index < -0.39 is 0 Å². The van der Waals surface area contributed by atoms with Crippen molar-refractivity contribution in [3.63, 3.8) is 0 Å². The number of hydrogen-bond acceptors (Lipinski definition) is 3. The molecule has 0 aliphatic carbocycles. The van der Waals surface area contributed by atoms with E-state index in [0.717, 1.165) is 11.1 Å². The summed E-state index contributed by atoms with van der Waals surface area (Å²) in [4.78, 5) is 16.3. The van der Waals surface area contributed by atoms with Gasteiger partial charge in [0.15, 0.2) is 5.82 Å². The fourth-order valence-corrected chi connectivity index (χ4v) is 2.25. The largest absolute Gasteiger partial charge is 0.293 e. The molecule has 3 rings (SSSR count). The number of aromatic amines is 1. The number of benzene rings is 2. The van der Waals surface area contributed by atoms with Gasteiger partial charge in [-0.3, -0.25) is 15.2 Å². The number of H-pyrrole nitrogens is 1. The molecule has 5 nitrogen and oxygen atoms in total. The van der Waals surface area contributed by atoms with Crippen LogP contribution in [0.3, 0.4) is 0 Å². The predicted octanol–water partition coefficient (Wildman–Crippen LogP) is 3.35. The molecule has 0 spiro atoms. The lowest BCUT2D eigenvalue weighted by atomic mass is 10.1. The molecule has 2 N–H and O–H groups in total. The zero-order valence-corrected chi connectivity index (χ0v) is 12.9. The van der Waals surface area contributed by atoms with Gasteiger partial charge in [-0.15, -0.1) is 5.10 Å². The van der Waals surface area contributed by atoms with Gasteiger partial charge < -0.3 is 0 Å². The molecule has 1 aromatic heterocycles. The van der Waals surface area contributed by atoms with E-state index in [1.807, 2.05) is 61.5 Å². The fourth-order valence-electron chi connectivity index (χ4n) is 2.25. The third kappa shape index (κ3) is 4.03. The first kappa shape index (κ1) is 15.0. The Kier molecular flexibility index (Phi) is 4.47. The standard InChI is InChI=1S/C18H18N4O/c1-13-7-10-15(11-8-13)17-20-18(22-21-17)19-16(23)12-9-14-5-3-2-4-6-14/h2-8,10-11H,9,12H2,1H3,(H2,19,20,21,22,23). The average Bonchev–Trinajstić information content (AvgIpc) is 3.03. The molecule has 1 heterocycles. The number of carbonyl (C=O) groups excluding carboxylic acids is 1. The Morgan fingerprint density at radius 2 is 1.83 bits per heavy atom. The quantitative estimate of drug-likeness (QED) is 0.759. The van der Waals surface area contributed by atoms with Crippen molar-refractivity contribution in [1.82, 2.24) is 15.2 Å². The summed E-state index contributed by atoms with van der Waals surface area (Å²) in [6.45, 7) is 2.03. The van der Waals surface area contributed by atoms with Crippen molar-refractivity contribution in [2.75, 3.05) is 5.32 Å². The van der Waals surface area contributed by atoms with Crippen LogP contribution < -0.4 is 5.32 Å². The molecule has 0 saturated heterocycles. The number of amides is 1. The van der Waals surface area contributed by atoms with Crippen molar-refractivity contribution in [2.45, 2.75) is 19.8 Å². The lowest BCUT2D eigenvalue weighted by molar-refractivity contribution is -0.116. The molecule has 1 amide bonds. The Bertz CT molecular complexity index is 778. The lowest BCUT2D eigenvalue weighted by Gasteiger charge is -2.01. The van der Waals surface area contributed by atoms with Crippen LogP contribution in [0.5, 0.6) is 0 Å². The molecule has 0 aliphatic rings. The number of rotatable bonds is 5. The van der Waals surface area contributed by atoms with E-state index in [-0.39, 0.29) is 5.91 Å². The van der Waals surface area contributed by atoms with Crippen molar-refractivity contribution in [3.8, 4) is 11.4 Å². The second kappa shape index (κ2) is 6.87. The van der Waals surface area contributed by atoms with Gasteiger partial charge in [-0.05, 0) is 18.9 Å². The van der Waals surface area contributed by atoms with Crippen molar-refractivity contribution >= 4 is 11.9 Å². The Labute approximate surface area is 134 Å².